The number of ether oxygens (including phenoxy) is 1. The van der Waals surface area contributed by atoms with Crippen LogP contribution < -0.4 is 0 Å². The molecule has 4 nitrogen and oxygen atoms in total. The first-order valence-electron chi connectivity index (χ1n) is 7.30. The Kier molecular flexibility index (Phi) is 3.95. The van der Waals surface area contributed by atoms with Gasteiger partial charge in [-0.1, -0.05) is 12.1 Å². The lowest BCUT2D eigenvalue weighted by molar-refractivity contribution is 0.0204. The summed E-state index contributed by atoms with van der Waals surface area (Å²) in [5, 5.41) is 0.965. The van der Waals surface area contributed by atoms with Crippen LogP contribution in [-0.4, -0.2) is 22.0 Å². The number of fused-ring (bicyclic) bond motifs is 1. The lowest BCUT2D eigenvalue weighted by Crippen LogP contribution is -2.22. The van der Waals surface area contributed by atoms with Crippen LogP contribution in [0.15, 0.2) is 43.2 Å². The normalized spacial score (nSPS) is 21.3. The van der Waals surface area contributed by atoms with E-state index in [9.17, 15) is 4.79 Å². The largest absolute Gasteiger partial charge is 0.457 e. The fraction of sp³-hybridized carbons (Fsp3) is 0.353. The SMILES string of the molecule is C=CC[C@@H]1CCC[C@H]1OC(=O)c1ccc2ccncc2n1. The number of carbonyl (C=O) groups is 1. The van der Waals surface area contributed by atoms with Crippen molar-refractivity contribution in [2.45, 2.75) is 31.8 Å². The van der Waals surface area contributed by atoms with Crippen LogP contribution in [0.25, 0.3) is 10.9 Å². The van der Waals surface area contributed by atoms with Crippen LogP contribution in [-0.2, 0) is 4.74 Å². The molecule has 0 N–H and O–H groups in total. The van der Waals surface area contributed by atoms with Crippen molar-refractivity contribution >= 4 is 16.9 Å². The molecule has 0 radical (unpaired) electrons. The van der Waals surface area contributed by atoms with E-state index in [4.69, 9.17) is 4.74 Å². The van der Waals surface area contributed by atoms with Crippen molar-refractivity contribution in [1.29, 1.82) is 0 Å². The first-order valence-corrected chi connectivity index (χ1v) is 7.30. The van der Waals surface area contributed by atoms with Gasteiger partial charge >= 0.3 is 5.97 Å². The molecule has 2 aromatic rings. The first kappa shape index (κ1) is 13.7. The van der Waals surface area contributed by atoms with Gasteiger partial charge in [-0.05, 0) is 43.7 Å². The van der Waals surface area contributed by atoms with Gasteiger partial charge in [0, 0.05) is 11.6 Å². The van der Waals surface area contributed by atoms with E-state index in [1.165, 1.54) is 0 Å². The molecule has 0 bridgehead atoms. The summed E-state index contributed by atoms with van der Waals surface area (Å²) in [6.07, 6.45) is 9.28. The van der Waals surface area contributed by atoms with Crippen molar-refractivity contribution in [2.24, 2.45) is 5.92 Å². The van der Waals surface area contributed by atoms with E-state index in [1.807, 2.05) is 18.2 Å². The Balaban J connectivity index is 1.75. The fourth-order valence-corrected chi connectivity index (χ4v) is 2.92. The van der Waals surface area contributed by atoms with E-state index in [2.05, 4.69) is 16.5 Å². The number of hydrogen-bond donors (Lipinski definition) is 0. The molecule has 2 aromatic heterocycles. The van der Waals surface area contributed by atoms with Crippen LogP contribution in [0.2, 0.25) is 0 Å². The van der Waals surface area contributed by atoms with Gasteiger partial charge in [0.2, 0.25) is 0 Å². The molecule has 2 heterocycles. The molecule has 1 aliphatic carbocycles. The average molecular weight is 282 g/mol. The van der Waals surface area contributed by atoms with Gasteiger partial charge in [0.05, 0.1) is 11.7 Å². The molecule has 3 rings (SSSR count). The number of pyridine rings is 2. The minimum Gasteiger partial charge on any atom is -0.457 e. The Bertz CT molecular complexity index is 669. The van der Waals surface area contributed by atoms with E-state index < -0.39 is 0 Å². The summed E-state index contributed by atoms with van der Waals surface area (Å²) in [7, 11) is 0. The third-order valence-electron chi connectivity index (χ3n) is 4.02. The second-order valence-corrected chi connectivity index (χ2v) is 5.42. The van der Waals surface area contributed by atoms with Crippen LogP contribution in [0, 0.1) is 5.92 Å². The zero-order chi connectivity index (χ0) is 14.7. The maximum Gasteiger partial charge on any atom is 0.357 e. The van der Waals surface area contributed by atoms with E-state index in [-0.39, 0.29) is 12.1 Å². The van der Waals surface area contributed by atoms with Crippen molar-refractivity contribution in [3.63, 3.8) is 0 Å². The summed E-state index contributed by atoms with van der Waals surface area (Å²) < 4.78 is 5.64. The van der Waals surface area contributed by atoms with Gasteiger partial charge in [0.1, 0.15) is 11.8 Å². The van der Waals surface area contributed by atoms with E-state index >= 15 is 0 Å². The number of rotatable bonds is 4. The van der Waals surface area contributed by atoms with Crippen molar-refractivity contribution in [3.05, 3.63) is 48.9 Å². The summed E-state index contributed by atoms with van der Waals surface area (Å²) in [5.41, 5.74) is 1.06. The molecule has 1 fully saturated rings. The van der Waals surface area contributed by atoms with Crippen molar-refractivity contribution < 1.29 is 9.53 Å². The summed E-state index contributed by atoms with van der Waals surface area (Å²) in [4.78, 5) is 20.6. The Morgan fingerprint density at radius 3 is 3.14 bits per heavy atom. The third kappa shape index (κ3) is 2.94. The van der Waals surface area contributed by atoms with E-state index in [0.717, 1.165) is 31.1 Å². The Hall–Kier alpha value is -2.23. The van der Waals surface area contributed by atoms with Crippen LogP contribution in [0.5, 0.6) is 0 Å². The molecule has 0 aromatic carbocycles. The summed E-state index contributed by atoms with van der Waals surface area (Å²) >= 11 is 0. The Morgan fingerprint density at radius 1 is 1.38 bits per heavy atom. The molecule has 1 saturated carbocycles. The molecule has 0 spiro atoms. The van der Waals surface area contributed by atoms with Gasteiger partial charge in [0.25, 0.3) is 0 Å². The highest BCUT2D eigenvalue weighted by Crippen LogP contribution is 2.31. The average Bonchev–Trinajstić information content (AvgIpc) is 2.94. The van der Waals surface area contributed by atoms with E-state index in [1.54, 1.807) is 18.5 Å². The number of carbonyl (C=O) groups excluding carboxylic acids is 1. The topological polar surface area (TPSA) is 52.1 Å². The lowest BCUT2D eigenvalue weighted by atomic mass is 10.0. The highest BCUT2D eigenvalue weighted by atomic mass is 16.5. The molecule has 1 aliphatic rings. The van der Waals surface area contributed by atoms with Crippen LogP contribution in [0.1, 0.15) is 36.2 Å². The van der Waals surface area contributed by atoms with Gasteiger partial charge in [0.15, 0.2) is 0 Å². The van der Waals surface area contributed by atoms with Gasteiger partial charge in [-0.15, -0.1) is 6.58 Å². The van der Waals surface area contributed by atoms with Crippen molar-refractivity contribution in [1.82, 2.24) is 9.97 Å². The molecule has 21 heavy (non-hydrogen) atoms. The van der Waals surface area contributed by atoms with Crippen LogP contribution in [0.4, 0.5) is 0 Å². The number of nitrogens with zero attached hydrogens (tertiary/aromatic N) is 2. The predicted molar refractivity (Wildman–Crippen MR) is 80.9 cm³/mol. The van der Waals surface area contributed by atoms with Gasteiger partial charge in [-0.2, -0.15) is 0 Å². The maximum absolute atomic E-state index is 12.3. The Morgan fingerprint density at radius 2 is 2.29 bits per heavy atom. The predicted octanol–water partition coefficient (Wildman–Crippen LogP) is 3.53. The molecule has 0 unspecified atom stereocenters. The fourth-order valence-electron chi connectivity index (χ4n) is 2.92. The minimum atomic E-state index is -0.346. The second kappa shape index (κ2) is 6.04. The summed E-state index contributed by atoms with van der Waals surface area (Å²) in [5.74, 6) is 0.0512. The Labute approximate surface area is 123 Å². The second-order valence-electron chi connectivity index (χ2n) is 5.42. The van der Waals surface area contributed by atoms with E-state index in [0.29, 0.717) is 17.1 Å². The monoisotopic (exact) mass is 282 g/mol. The molecule has 108 valence electrons. The number of esters is 1. The summed E-state index contributed by atoms with van der Waals surface area (Å²) in [6.45, 7) is 3.77. The molecule has 0 saturated heterocycles. The molecule has 4 heteroatoms. The number of allylic oxidation sites excluding steroid dienone is 1. The molecule has 2 atom stereocenters. The lowest BCUT2D eigenvalue weighted by Gasteiger charge is -2.18. The highest BCUT2D eigenvalue weighted by molar-refractivity contribution is 5.90. The van der Waals surface area contributed by atoms with Crippen molar-refractivity contribution in [2.75, 3.05) is 0 Å². The van der Waals surface area contributed by atoms with Gasteiger partial charge in [-0.3, -0.25) is 4.98 Å². The number of hydrogen-bond acceptors (Lipinski definition) is 4. The molecule has 0 amide bonds. The van der Waals surface area contributed by atoms with Crippen molar-refractivity contribution in [3.8, 4) is 0 Å². The quantitative estimate of drug-likeness (QED) is 0.636. The molecular formula is C17H18N2O2. The highest BCUT2D eigenvalue weighted by Gasteiger charge is 2.30. The zero-order valence-electron chi connectivity index (χ0n) is 11.9. The number of aromatic nitrogens is 2. The first-order chi connectivity index (χ1) is 10.3. The molecule has 0 aliphatic heterocycles. The standard InChI is InChI=1S/C17H18N2O2/c1-2-4-13-5-3-6-16(13)21-17(20)14-8-7-12-9-10-18-11-15(12)19-14/h2,7-11,13,16H,1,3-6H2/t13-,16-/m1/s1. The smallest absolute Gasteiger partial charge is 0.357 e. The maximum atomic E-state index is 12.3. The third-order valence-corrected chi connectivity index (χ3v) is 4.02. The molecular weight excluding hydrogens is 264 g/mol. The van der Waals surface area contributed by atoms with Crippen LogP contribution >= 0.6 is 0 Å². The zero-order valence-corrected chi connectivity index (χ0v) is 11.9. The summed E-state index contributed by atoms with van der Waals surface area (Å²) in [6, 6.07) is 5.45. The van der Waals surface area contributed by atoms with Gasteiger partial charge in [-0.25, -0.2) is 9.78 Å². The van der Waals surface area contributed by atoms with Gasteiger partial charge < -0.3 is 4.74 Å². The van der Waals surface area contributed by atoms with Crippen LogP contribution in [0.3, 0.4) is 0 Å². The minimum absolute atomic E-state index is 0.0121.